The molecule has 2 nitrogen and oxygen atoms in total. The number of aryl methyl sites for hydroxylation is 1. The summed E-state index contributed by atoms with van der Waals surface area (Å²) in [5, 5.41) is 8.10. The average Bonchev–Trinajstić information content (AvgIpc) is 2.86. The Balaban J connectivity index is 1.84. The van der Waals surface area contributed by atoms with E-state index in [0.717, 1.165) is 17.7 Å². The lowest BCUT2D eigenvalue weighted by atomic mass is 10.1. The molecule has 0 unspecified atom stereocenters. The van der Waals surface area contributed by atoms with Crippen LogP contribution in [0, 0.1) is 18.2 Å². The van der Waals surface area contributed by atoms with E-state index in [0.29, 0.717) is 12.4 Å². The lowest BCUT2D eigenvalue weighted by molar-refractivity contribution is 0.426. The van der Waals surface area contributed by atoms with Crippen molar-refractivity contribution in [3.05, 3.63) is 57.0 Å². The van der Waals surface area contributed by atoms with Crippen LogP contribution >= 0.6 is 11.3 Å². The van der Waals surface area contributed by atoms with Gasteiger partial charge in [-0.1, -0.05) is 6.07 Å². The van der Waals surface area contributed by atoms with E-state index in [1.165, 1.54) is 21.9 Å². The molecule has 3 rings (SSSR count). The van der Waals surface area contributed by atoms with Gasteiger partial charge < -0.3 is 4.90 Å². The molecule has 2 heterocycles. The van der Waals surface area contributed by atoms with Crippen molar-refractivity contribution < 1.29 is 4.39 Å². The third-order valence-electron chi connectivity index (χ3n) is 3.15. The minimum atomic E-state index is -0.271. The number of amidine groups is 1. The number of nitrogens with one attached hydrogen (secondary N) is 1. The topological polar surface area (TPSA) is 27.1 Å². The maximum absolute atomic E-state index is 13.2. The summed E-state index contributed by atoms with van der Waals surface area (Å²) in [6.45, 7) is 3.51. The van der Waals surface area contributed by atoms with Gasteiger partial charge in [0, 0.05) is 21.9 Å². The monoisotopic (exact) mass is 260 g/mol. The molecule has 1 aliphatic rings. The van der Waals surface area contributed by atoms with Gasteiger partial charge in [0.25, 0.3) is 0 Å². The SMILES string of the molecule is Cc1ccc(CN2Cc3ccc(F)cc3C2=N)s1. The van der Waals surface area contributed by atoms with Crippen molar-refractivity contribution in [3.8, 4) is 0 Å². The molecule has 18 heavy (non-hydrogen) atoms. The molecule has 0 fully saturated rings. The van der Waals surface area contributed by atoms with E-state index in [1.807, 2.05) is 4.90 Å². The molecule has 0 radical (unpaired) electrons. The first-order chi connectivity index (χ1) is 8.63. The molecule has 0 saturated carbocycles. The van der Waals surface area contributed by atoms with Gasteiger partial charge in [-0.15, -0.1) is 11.3 Å². The van der Waals surface area contributed by atoms with Crippen LogP contribution in [0.3, 0.4) is 0 Å². The van der Waals surface area contributed by atoms with Crippen LogP contribution in [0.4, 0.5) is 4.39 Å². The Kier molecular flexibility index (Phi) is 2.67. The number of fused-ring (bicyclic) bond motifs is 1. The van der Waals surface area contributed by atoms with Crippen molar-refractivity contribution in [1.82, 2.24) is 4.90 Å². The van der Waals surface area contributed by atoms with E-state index in [9.17, 15) is 4.39 Å². The van der Waals surface area contributed by atoms with Gasteiger partial charge in [0.2, 0.25) is 0 Å². The first kappa shape index (κ1) is 11.4. The molecule has 1 aliphatic heterocycles. The van der Waals surface area contributed by atoms with E-state index >= 15 is 0 Å². The van der Waals surface area contributed by atoms with Crippen LogP contribution in [0.25, 0.3) is 0 Å². The second kappa shape index (κ2) is 4.21. The lowest BCUT2D eigenvalue weighted by Crippen LogP contribution is -2.22. The maximum Gasteiger partial charge on any atom is 0.129 e. The van der Waals surface area contributed by atoms with Gasteiger partial charge in [-0.05, 0) is 36.8 Å². The number of thiophene rings is 1. The number of benzene rings is 1. The molecule has 4 heteroatoms. The van der Waals surface area contributed by atoms with E-state index < -0.39 is 0 Å². The van der Waals surface area contributed by atoms with Gasteiger partial charge in [0.15, 0.2) is 0 Å². The average molecular weight is 260 g/mol. The van der Waals surface area contributed by atoms with Crippen LogP contribution < -0.4 is 0 Å². The van der Waals surface area contributed by atoms with E-state index in [1.54, 1.807) is 17.4 Å². The van der Waals surface area contributed by atoms with Crippen LogP contribution in [0.15, 0.2) is 30.3 Å². The normalized spacial score (nSPS) is 14.1. The summed E-state index contributed by atoms with van der Waals surface area (Å²) in [6.07, 6.45) is 0. The first-order valence-electron chi connectivity index (χ1n) is 5.81. The molecule has 0 amide bonds. The zero-order chi connectivity index (χ0) is 12.7. The second-order valence-corrected chi connectivity index (χ2v) is 5.89. The molecule has 92 valence electrons. The predicted octanol–water partition coefficient (Wildman–Crippen LogP) is 3.54. The molecule has 0 saturated heterocycles. The minimum Gasteiger partial charge on any atom is -0.347 e. The number of hydrogen-bond donors (Lipinski definition) is 1. The van der Waals surface area contributed by atoms with Crippen molar-refractivity contribution >= 4 is 17.2 Å². The lowest BCUT2D eigenvalue weighted by Gasteiger charge is -2.16. The molecule has 2 aromatic rings. The fraction of sp³-hybridized carbons (Fsp3) is 0.214. The standard InChI is InChI=1S/C14H13FN2S/c1-9-2-5-12(18-9)8-17-7-10-3-4-11(15)6-13(10)14(17)16/h2-6,16H,7-8H2,1H3. The summed E-state index contributed by atoms with van der Waals surface area (Å²) in [5.74, 6) is 0.155. The van der Waals surface area contributed by atoms with E-state index in [2.05, 4.69) is 19.1 Å². The van der Waals surface area contributed by atoms with Gasteiger partial charge in [0.1, 0.15) is 11.7 Å². The molecule has 0 spiro atoms. The van der Waals surface area contributed by atoms with Gasteiger partial charge in [0.05, 0.1) is 6.54 Å². The van der Waals surface area contributed by atoms with E-state index in [-0.39, 0.29) is 5.82 Å². The number of halogens is 1. The minimum absolute atomic E-state index is 0.271. The molecular weight excluding hydrogens is 247 g/mol. The Morgan fingerprint density at radius 3 is 2.89 bits per heavy atom. The summed E-state index contributed by atoms with van der Waals surface area (Å²) in [7, 11) is 0. The summed E-state index contributed by atoms with van der Waals surface area (Å²) < 4.78 is 13.2. The van der Waals surface area contributed by atoms with E-state index in [4.69, 9.17) is 5.41 Å². The first-order valence-corrected chi connectivity index (χ1v) is 6.63. The summed E-state index contributed by atoms with van der Waals surface area (Å²) >= 11 is 1.75. The molecule has 1 N–H and O–H groups in total. The zero-order valence-corrected chi connectivity index (χ0v) is 10.9. The van der Waals surface area contributed by atoms with Gasteiger partial charge in [-0.2, -0.15) is 0 Å². The fourth-order valence-corrected chi connectivity index (χ4v) is 3.16. The number of hydrogen-bond acceptors (Lipinski definition) is 2. The Hall–Kier alpha value is -1.68. The second-order valence-electron chi connectivity index (χ2n) is 4.52. The highest BCUT2D eigenvalue weighted by atomic mass is 32.1. The van der Waals surface area contributed by atoms with Crippen molar-refractivity contribution in [2.45, 2.75) is 20.0 Å². The van der Waals surface area contributed by atoms with Crippen LogP contribution in [0.1, 0.15) is 20.9 Å². The maximum atomic E-state index is 13.2. The highest BCUT2D eigenvalue weighted by molar-refractivity contribution is 7.11. The van der Waals surface area contributed by atoms with Crippen molar-refractivity contribution in [1.29, 1.82) is 5.41 Å². The third kappa shape index (κ3) is 1.93. The number of rotatable bonds is 2. The van der Waals surface area contributed by atoms with Crippen LogP contribution in [0.2, 0.25) is 0 Å². The smallest absolute Gasteiger partial charge is 0.129 e. The summed E-state index contributed by atoms with van der Waals surface area (Å²) in [4.78, 5) is 4.50. The van der Waals surface area contributed by atoms with Gasteiger partial charge in [-0.25, -0.2) is 4.39 Å². The Bertz CT molecular complexity index is 618. The fourth-order valence-electron chi connectivity index (χ4n) is 2.26. The van der Waals surface area contributed by atoms with Crippen LogP contribution in [-0.2, 0) is 13.1 Å². The highest BCUT2D eigenvalue weighted by Crippen LogP contribution is 2.26. The molecule has 1 aromatic carbocycles. The Labute approximate surface area is 109 Å². The Morgan fingerprint density at radius 2 is 2.17 bits per heavy atom. The predicted molar refractivity (Wildman–Crippen MR) is 71.5 cm³/mol. The quantitative estimate of drug-likeness (QED) is 0.878. The van der Waals surface area contributed by atoms with Crippen LogP contribution in [0.5, 0.6) is 0 Å². The number of nitrogens with zero attached hydrogens (tertiary/aromatic N) is 1. The van der Waals surface area contributed by atoms with Crippen LogP contribution in [-0.4, -0.2) is 10.7 Å². The highest BCUT2D eigenvalue weighted by Gasteiger charge is 2.24. The summed E-state index contributed by atoms with van der Waals surface area (Å²) in [5.41, 5.74) is 1.76. The van der Waals surface area contributed by atoms with Crippen molar-refractivity contribution in [2.75, 3.05) is 0 Å². The molecule has 0 bridgehead atoms. The molecule has 0 aliphatic carbocycles. The molecule has 0 atom stereocenters. The van der Waals surface area contributed by atoms with Crippen molar-refractivity contribution in [3.63, 3.8) is 0 Å². The zero-order valence-electron chi connectivity index (χ0n) is 10.0. The van der Waals surface area contributed by atoms with Gasteiger partial charge in [-0.3, -0.25) is 5.41 Å². The van der Waals surface area contributed by atoms with Crippen molar-refractivity contribution in [2.24, 2.45) is 0 Å². The Morgan fingerprint density at radius 1 is 1.33 bits per heavy atom. The third-order valence-corrected chi connectivity index (χ3v) is 4.13. The summed E-state index contributed by atoms with van der Waals surface area (Å²) in [6, 6.07) is 8.88. The molecule has 1 aromatic heterocycles. The van der Waals surface area contributed by atoms with Gasteiger partial charge >= 0.3 is 0 Å². The largest absolute Gasteiger partial charge is 0.347 e. The molecular formula is C14H13FN2S.